The van der Waals surface area contributed by atoms with Gasteiger partial charge in [0.05, 0.1) is 0 Å². The Hall–Kier alpha value is -1.44. The summed E-state index contributed by atoms with van der Waals surface area (Å²) in [6.45, 7) is 6.42. The van der Waals surface area contributed by atoms with Crippen LogP contribution >= 0.6 is 0 Å². The second kappa shape index (κ2) is 4.28. The molecule has 1 aliphatic rings. The molecule has 3 heteroatoms. The molecular formula is C18H17NOSe. The zero-order valence-corrected chi connectivity index (χ0v) is 14.2. The van der Waals surface area contributed by atoms with E-state index in [-0.39, 0.29) is 25.7 Å². The summed E-state index contributed by atoms with van der Waals surface area (Å²) in [7, 11) is 0. The minimum absolute atomic E-state index is 0.0288. The van der Waals surface area contributed by atoms with Gasteiger partial charge in [0.1, 0.15) is 0 Å². The van der Waals surface area contributed by atoms with Gasteiger partial charge in [0.15, 0.2) is 0 Å². The summed E-state index contributed by atoms with van der Waals surface area (Å²) in [5.41, 5.74) is 3.08. The van der Waals surface area contributed by atoms with Gasteiger partial charge in [0.2, 0.25) is 0 Å². The molecule has 0 fully saturated rings. The third kappa shape index (κ3) is 1.91. The predicted molar refractivity (Wildman–Crippen MR) is 87.4 cm³/mol. The molecule has 0 saturated carbocycles. The van der Waals surface area contributed by atoms with E-state index in [2.05, 4.69) is 45.0 Å². The summed E-state index contributed by atoms with van der Waals surface area (Å²) in [5, 5.41) is 2.47. The van der Waals surface area contributed by atoms with Crippen molar-refractivity contribution >= 4 is 39.6 Å². The first-order valence-electron chi connectivity index (χ1n) is 7.30. The Kier molecular flexibility index (Phi) is 2.70. The molecule has 0 N–H and O–H groups in total. The number of rotatable bonds is 0. The van der Waals surface area contributed by atoms with Gasteiger partial charge in [0, 0.05) is 0 Å². The first-order chi connectivity index (χ1) is 9.96. The molecule has 0 aliphatic heterocycles. The molecule has 0 saturated heterocycles. The standard InChI is InChI=1S/C18H17NOSe/c1-10-17-15(11-6-4-5-7-14(11)21-17)16-12(19-10)8-18(2,3)9-13(16)20/h4-7H,8-9H2,1-3H3. The summed E-state index contributed by atoms with van der Waals surface area (Å²) in [6, 6.07) is 8.52. The van der Waals surface area contributed by atoms with Crippen LogP contribution in [0.15, 0.2) is 24.3 Å². The summed E-state index contributed by atoms with van der Waals surface area (Å²) in [6.07, 6.45) is 1.53. The first-order valence-corrected chi connectivity index (χ1v) is 9.01. The van der Waals surface area contributed by atoms with E-state index < -0.39 is 0 Å². The summed E-state index contributed by atoms with van der Waals surface area (Å²) < 4.78 is 2.70. The van der Waals surface area contributed by atoms with Crippen LogP contribution in [0.4, 0.5) is 0 Å². The fourth-order valence-electron chi connectivity index (χ4n) is 3.47. The van der Waals surface area contributed by atoms with Gasteiger partial charge in [-0.15, -0.1) is 0 Å². The van der Waals surface area contributed by atoms with Crippen molar-refractivity contribution in [2.24, 2.45) is 5.41 Å². The summed E-state index contributed by atoms with van der Waals surface area (Å²) in [5.74, 6) is 0.275. The van der Waals surface area contributed by atoms with E-state index in [0.29, 0.717) is 6.42 Å². The quantitative estimate of drug-likeness (QED) is 0.580. The fraction of sp³-hybridized carbons (Fsp3) is 0.333. The molecule has 2 nitrogen and oxygen atoms in total. The van der Waals surface area contributed by atoms with Gasteiger partial charge in [-0.1, -0.05) is 0 Å². The van der Waals surface area contributed by atoms with Crippen LogP contribution in [-0.4, -0.2) is 25.3 Å². The number of pyridine rings is 1. The van der Waals surface area contributed by atoms with E-state index in [9.17, 15) is 4.79 Å². The number of hydrogen-bond donors (Lipinski definition) is 0. The number of aryl methyl sites for hydroxylation is 1. The van der Waals surface area contributed by atoms with Gasteiger partial charge in [-0.3, -0.25) is 0 Å². The Morgan fingerprint density at radius 2 is 1.95 bits per heavy atom. The maximum atomic E-state index is 12.7. The molecule has 0 atom stereocenters. The van der Waals surface area contributed by atoms with E-state index >= 15 is 0 Å². The maximum absolute atomic E-state index is 12.7. The average Bonchev–Trinajstić information content (AvgIpc) is 2.77. The molecule has 0 unspecified atom stereocenters. The second-order valence-electron chi connectivity index (χ2n) is 6.76. The van der Waals surface area contributed by atoms with Crippen LogP contribution in [-0.2, 0) is 6.42 Å². The Bertz CT molecular complexity index is 904. The SMILES string of the molecule is Cc1nc2c(c3c1[se]c1ccccc13)C(=O)CC(C)(C)C2. The Morgan fingerprint density at radius 1 is 1.19 bits per heavy atom. The van der Waals surface area contributed by atoms with Crippen LogP contribution in [0.2, 0.25) is 0 Å². The van der Waals surface area contributed by atoms with Crippen molar-refractivity contribution in [1.29, 1.82) is 0 Å². The van der Waals surface area contributed by atoms with Gasteiger partial charge < -0.3 is 0 Å². The number of fused-ring (bicyclic) bond motifs is 5. The van der Waals surface area contributed by atoms with Crippen molar-refractivity contribution in [1.82, 2.24) is 4.98 Å². The van der Waals surface area contributed by atoms with Crippen molar-refractivity contribution in [3.8, 4) is 0 Å². The molecule has 21 heavy (non-hydrogen) atoms. The second-order valence-corrected chi connectivity index (χ2v) is 8.97. The molecule has 0 spiro atoms. The van der Waals surface area contributed by atoms with E-state index in [1.54, 1.807) is 0 Å². The topological polar surface area (TPSA) is 30.0 Å². The molecule has 2 aromatic heterocycles. The summed E-state index contributed by atoms with van der Waals surface area (Å²) in [4.78, 5) is 17.6. The van der Waals surface area contributed by atoms with Gasteiger partial charge in [0.25, 0.3) is 0 Å². The molecule has 0 radical (unpaired) electrons. The van der Waals surface area contributed by atoms with Gasteiger partial charge in [-0.25, -0.2) is 0 Å². The molecule has 1 aromatic carbocycles. The molecule has 3 aromatic rings. The zero-order chi connectivity index (χ0) is 14.8. The summed E-state index contributed by atoms with van der Waals surface area (Å²) >= 11 is 0.283. The Balaban J connectivity index is 2.18. The third-order valence-corrected chi connectivity index (χ3v) is 7.01. The normalized spacial score (nSPS) is 17.4. The van der Waals surface area contributed by atoms with E-state index in [4.69, 9.17) is 4.98 Å². The average molecular weight is 342 g/mol. The molecule has 2 heterocycles. The van der Waals surface area contributed by atoms with Crippen LogP contribution in [0.5, 0.6) is 0 Å². The fourth-order valence-corrected chi connectivity index (χ4v) is 5.89. The molecule has 0 bridgehead atoms. The van der Waals surface area contributed by atoms with E-state index in [1.807, 2.05) is 0 Å². The van der Waals surface area contributed by atoms with Crippen molar-refractivity contribution in [2.75, 3.05) is 0 Å². The third-order valence-electron chi connectivity index (χ3n) is 4.33. The predicted octanol–water partition coefficient (Wildman–Crippen LogP) is 3.91. The van der Waals surface area contributed by atoms with Crippen LogP contribution < -0.4 is 0 Å². The van der Waals surface area contributed by atoms with Crippen molar-refractivity contribution in [3.05, 3.63) is 41.2 Å². The molecule has 0 amide bonds. The van der Waals surface area contributed by atoms with E-state index in [0.717, 1.165) is 23.4 Å². The molecule has 4 rings (SSSR count). The minimum atomic E-state index is 0.0288. The van der Waals surface area contributed by atoms with Crippen LogP contribution in [0, 0.1) is 12.3 Å². The first kappa shape index (κ1) is 13.2. The van der Waals surface area contributed by atoms with Gasteiger partial charge >= 0.3 is 130 Å². The number of benzene rings is 1. The van der Waals surface area contributed by atoms with Crippen molar-refractivity contribution in [2.45, 2.75) is 33.6 Å². The Labute approximate surface area is 129 Å². The Morgan fingerprint density at radius 3 is 2.76 bits per heavy atom. The van der Waals surface area contributed by atoms with Crippen molar-refractivity contribution in [3.63, 3.8) is 0 Å². The van der Waals surface area contributed by atoms with Crippen LogP contribution in [0.3, 0.4) is 0 Å². The van der Waals surface area contributed by atoms with Gasteiger partial charge in [-0.05, 0) is 0 Å². The number of carbonyl (C=O) groups is 1. The van der Waals surface area contributed by atoms with Crippen LogP contribution in [0.1, 0.15) is 42.0 Å². The molecular weight excluding hydrogens is 325 g/mol. The van der Waals surface area contributed by atoms with Crippen molar-refractivity contribution < 1.29 is 4.79 Å². The number of carbonyl (C=O) groups excluding carboxylic acids is 1. The monoisotopic (exact) mass is 343 g/mol. The number of hydrogen-bond acceptors (Lipinski definition) is 2. The number of nitrogens with zero attached hydrogens (tertiary/aromatic N) is 1. The van der Waals surface area contributed by atoms with E-state index in [1.165, 1.54) is 19.3 Å². The van der Waals surface area contributed by atoms with Crippen LogP contribution in [0.25, 0.3) is 19.3 Å². The van der Waals surface area contributed by atoms with Gasteiger partial charge in [-0.2, -0.15) is 0 Å². The molecule has 106 valence electrons. The zero-order valence-electron chi connectivity index (χ0n) is 12.5. The molecule has 1 aliphatic carbocycles. The number of Topliss-reactive ketones (excluding diaryl/α,β-unsaturated/α-hetero) is 1. The number of aromatic nitrogens is 1. The number of ketones is 1.